The highest BCUT2D eigenvalue weighted by Crippen LogP contribution is 2.10. The Morgan fingerprint density at radius 3 is 2.13 bits per heavy atom. The van der Waals surface area contributed by atoms with Gasteiger partial charge in [-0.15, -0.1) is 0 Å². The molecule has 1 heterocycles. The van der Waals surface area contributed by atoms with Crippen molar-refractivity contribution in [1.82, 2.24) is 4.98 Å². The average Bonchev–Trinajstić information content (AvgIpc) is 2.27. The van der Waals surface area contributed by atoms with Gasteiger partial charge in [-0.05, 0) is 12.1 Å². The molecule has 0 N–H and O–H groups in total. The van der Waals surface area contributed by atoms with Crippen molar-refractivity contribution >= 4 is 11.6 Å². The molecule has 0 amide bonds. The normalized spacial score (nSPS) is 12.5. The van der Waals surface area contributed by atoms with Gasteiger partial charge < -0.3 is 0 Å². The predicted octanol–water partition coefficient (Wildman–Crippen LogP) is 1.44. The zero-order valence-corrected chi connectivity index (χ0v) is 7.36. The molecule has 0 saturated heterocycles. The first kappa shape index (κ1) is 11.4. The van der Waals surface area contributed by atoms with Crippen LogP contribution in [-0.2, 0) is 4.79 Å². The number of hydrogen-bond donors (Lipinski definition) is 0. The highest BCUT2D eigenvalue weighted by Gasteiger charge is 2.32. The number of nitrogens with zero attached hydrogens (tertiary/aromatic N) is 1. The summed E-state index contributed by atoms with van der Waals surface area (Å²) in [6.45, 7) is 0. The molecule has 0 fully saturated rings. The van der Waals surface area contributed by atoms with Gasteiger partial charge in [0.15, 0.2) is 0 Å². The summed E-state index contributed by atoms with van der Waals surface area (Å²) in [6.07, 6.45) is -3.89. The Labute approximate surface area is 82.9 Å². The van der Waals surface area contributed by atoms with Crippen LogP contribution < -0.4 is 0 Å². The maximum Gasteiger partial charge on any atom is 0.299 e. The van der Waals surface area contributed by atoms with Crippen LogP contribution in [0.2, 0.25) is 0 Å². The van der Waals surface area contributed by atoms with Gasteiger partial charge in [0, 0.05) is 18.0 Å². The summed E-state index contributed by atoms with van der Waals surface area (Å²) in [7, 11) is 0. The number of aromatic nitrogens is 1. The van der Waals surface area contributed by atoms with Crippen LogP contribution in [0, 0.1) is 0 Å². The molecule has 0 radical (unpaired) electrons. The van der Waals surface area contributed by atoms with E-state index in [2.05, 4.69) is 4.98 Å². The minimum atomic E-state index is -3.48. The summed E-state index contributed by atoms with van der Waals surface area (Å²) in [5.41, 5.74) is -0.161. The van der Waals surface area contributed by atoms with E-state index >= 15 is 0 Å². The van der Waals surface area contributed by atoms with Crippen LogP contribution in [-0.4, -0.2) is 29.1 Å². The topological polar surface area (TPSA) is 47.0 Å². The molecule has 0 aliphatic heterocycles. The van der Waals surface area contributed by atoms with Crippen molar-refractivity contribution in [2.75, 3.05) is 0 Å². The Hall–Kier alpha value is -1.72. The summed E-state index contributed by atoms with van der Waals surface area (Å²) < 4.78 is 36.5. The van der Waals surface area contributed by atoms with Crippen LogP contribution in [0.3, 0.4) is 0 Å². The van der Waals surface area contributed by atoms with Gasteiger partial charge >= 0.3 is 0 Å². The molecule has 0 bridgehead atoms. The van der Waals surface area contributed by atoms with Gasteiger partial charge in [-0.2, -0.15) is 0 Å². The number of rotatable bonds is 4. The van der Waals surface area contributed by atoms with Gasteiger partial charge in [0.2, 0.25) is 17.7 Å². The number of carbonyl (C=O) groups is 2. The van der Waals surface area contributed by atoms with Crippen molar-refractivity contribution in [1.29, 1.82) is 0 Å². The van der Waals surface area contributed by atoms with E-state index in [-0.39, 0.29) is 5.56 Å². The van der Waals surface area contributed by atoms with E-state index in [9.17, 15) is 22.8 Å². The van der Waals surface area contributed by atoms with Crippen LogP contribution >= 0.6 is 0 Å². The number of Topliss-reactive ketones (excluding diaryl/α,β-unsaturated/α-hetero) is 2. The molecule has 0 spiro atoms. The lowest BCUT2D eigenvalue weighted by Crippen LogP contribution is -2.30. The maximum absolute atomic E-state index is 12.9. The van der Waals surface area contributed by atoms with Gasteiger partial charge in [0.05, 0.1) is 0 Å². The molecule has 0 aliphatic rings. The van der Waals surface area contributed by atoms with E-state index in [1.807, 2.05) is 0 Å². The van der Waals surface area contributed by atoms with Crippen LogP contribution in [0.4, 0.5) is 13.2 Å². The molecule has 80 valence electrons. The minimum absolute atomic E-state index is 0.161. The lowest BCUT2D eigenvalue weighted by atomic mass is 10.1. The second kappa shape index (κ2) is 4.68. The first-order chi connectivity index (χ1) is 7.04. The van der Waals surface area contributed by atoms with Gasteiger partial charge in [0.1, 0.15) is 0 Å². The van der Waals surface area contributed by atoms with Crippen molar-refractivity contribution in [2.45, 2.75) is 12.6 Å². The highest BCUT2D eigenvalue weighted by molar-refractivity contribution is 6.13. The van der Waals surface area contributed by atoms with E-state index in [1.54, 1.807) is 0 Å². The standard InChI is InChI=1S/C9H6F3NO2/c10-6(8(15)9(11)12)7(14)5-1-3-13-4-2-5/h1-4,6,9H. The number of hydrogen-bond acceptors (Lipinski definition) is 3. The lowest BCUT2D eigenvalue weighted by Gasteiger charge is -2.04. The molecule has 1 aromatic heterocycles. The second-order valence-corrected chi connectivity index (χ2v) is 2.67. The highest BCUT2D eigenvalue weighted by atomic mass is 19.3. The van der Waals surface area contributed by atoms with Crippen molar-refractivity contribution in [3.8, 4) is 0 Å². The van der Waals surface area contributed by atoms with Crippen molar-refractivity contribution in [3.05, 3.63) is 30.1 Å². The van der Waals surface area contributed by atoms with Crippen molar-refractivity contribution in [2.24, 2.45) is 0 Å². The molecule has 3 nitrogen and oxygen atoms in total. The van der Waals surface area contributed by atoms with Crippen LogP contribution in [0.5, 0.6) is 0 Å². The maximum atomic E-state index is 12.9. The summed E-state index contributed by atoms with van der Waals surface area (Å²) >= 11 is 0. The average molecular weight is 217 g/mol. The lowest BCUT2D eigenvalue weighted by molar-refractivity contribution is -0.132. The van der Waals surface area contributed by atoms with Crippen molar-refractivity contribution in [3.63, 3.8) is 0 Å². The Balaban J connectivity index is 2.82. The first-order valence-corrected chi connectivity index (χ1v) is 3.94. The minimum Gasteiger partial charge on any atom is -0.290 e. The van der Waals surface area contributed by atoms with Gasteiger partial charge in [-0.1, -0.05) is 0 Å². The summed E-state index contributed by atoms with van der Waals surface area (Å²) in [4.78, 5) is 25.2. The molecule has 0 aromatic carbocycles. The fourth-order valence-corrected chi connectivity index (χ4v) is 0.902. The molecule has 1 rings (SSSR count). The number of carbonyl (C=O) groups excluding carboxylic acids is 2. The molecular weight excluding hydrogens is 211 g/mol. The van der Waals surface area contributed by atoms with Gasteiger partial charge in [0.25, 0.3) is 6.43 Å². The molecule has 1 unspecified atom stereocenters. The number of pyridine rings is 1. The number of ketones is 2. The Bertz CT molecular complexity index is 367. The van der Waals surface area contributed by atoms with Crippen LogP contribution in [0.15, 0.2) is 24.5 Å². The zero-order chi connectivity index (χ0) is 11.4. The van der Waals surface area contributed by atoms with Crippen LogP contribution in [0.25, 0.3) is 0 Å². The van der Waals surface area contributed by atoms with E-state index in [4.69, 9.17) is 0 Å². The van der Waals surface area contributed by atoms with Crippen LogP contribution in [0.1, 0.15) is 10.4 Å². The Kier molecular flexibility index (Phi) is 3.54. The Morgan fingerprint density at radius 1 is 1.13 bits per heavy atom. The Morgan fingerprint density at radius 2 is 1.67 bits per heavy atom. The fraction of sp³-hybridized carbons (Fsp3) is 0.222. The summed E-state index contributed by atoms with van der Waals surface area (Å²) in [5, 5.41) is 0. The third-order valence-corrected chi connectivity index (χ3v) is 1.66. The SMILES string of the molecule is O=C(c1ccncc1)C(F)C(=O)C(F)F. The third kappa shape index (κ3) is 2.61. The third-order valence-electron chi connectivity index (χ3n) is 1.66. The second-order valence-electron chi connectivity index (χ2n) is 2.67. The van der Waals surface area contributed by atoms with Crippen molar-refractivity contribution < 1.29 is 22.8 Å². The molecule has 0 aliphatic carbocycles. The largest absolute Gasteiger partial charge is 0.299 e. The number of alkyl halides is 3. The van der Waals surface area contributed by atoms with E-state index in [0.29, 0.717) is 0 Å². The summed E-state index contributed by atoms with van der Waals surface area (Å²) in [5.74, 6) is -3.29. The quantitative estimate of drug-likeness (QED) is 0.566. The van der Waals surface area contributed by atoms with E-state index < -0.39 is 24.2 Å². The summed E-state index contributed by atoms with van der Waals surface area (Å²) in [6, 6.07) is 2.29. The monoisotopic (exact) mass is 217 g/mol. The fourth-order valence-electron chi connectivity index (χ4n) is 0.902. The molecule has 1 aromatic rings. The smallest absolute Gasteiger partial charge is 0.290 e. The zero-order valence-electron chi connectivity index (χ0n) is 7.36. The molecular formula is C9H6F3NO2. The van der Waals surface area contributed by atoms with E-state index in [1.165, 1.54) is 12.4 Å². The molecule has 0 saturated carbocycles. The molecule has 15 heavy (non-hydrogen) atoms. The number of halogens is 3. The van der Waals surface area contributed by atoms with Gasteiger partial charge in [-0.3, -0.25) is 14.6 Å². The van der Waals surface area contributed by atoms with Gasteiger partial charge in [-0.25, -0.2) is 13.2 Å². The van der Waals surface area contributed by atoms with E-state index in [0.717, 1.165) is 12.1 Å². The predicted molar refractivity (Wildman–Crippen MR) is 44.5 cm³/mol. The molecule has 1 atom stereocenters. The molecule has 6 heteroatoms. The first-order valence-electron chi connectivity index (χ1n) is 3.94.